The van der Waals surface area contributed by atoms with E-state index in [9.17, 15) is 8.42 Å². The lowest BCUT2D eigenvalue weighted by Crippen LogP contribution is -2.36. The number of aliphatic hydroxyl groups is 1. The molecule has 0 aliphatic heterocycles. The zero-order chi connectivity index (χ0) is 16.0. The number of hydrogen-bond acceptors (Lipinski definition) is 4. The van der Waals surface area contributed by atoms with Crippen LogP contribution in [-0.2, 0) is 10.0 Å². The van der Waals surface area contributed by atoms with Gasteiger partial charge in [0.1, 0.15) is 12.4 Å². The van der Waals surface area contributed by atoms with Gasteiger partial charge in [0, 0.05) is 6.04 Å². The Hall–Kier alpha value is -1.55. The number of nitrogens with one attached hydrogen (secondary N) is 1. The molecule has 0 bridgehead atoms. The van der Waals surface area contributed by atoms with Crippen molar-refractivity contribution in [2.45, 2.75) is 31.7 Å². The van der Waals surface area contributed by atoms with E-state index in [-0.39, 0.29) is 23.5 Å². The van der Waals surface area contributed by atoms with Crippen LogP contribution in [0.5, 0.6) is 5.75 Å². The molecule has 0 radical (unpaired) electrons. The zero-order valence-electron chi connectivity index (χ0n) is 12.7. The molecule has 0 aromatic heterocycles. The van der Waals surface area contributed by atoms with Gasteiger partial charge in [-0.3, -0.25) is 0 Å². The minimum atomic E-state index is -3.61. The maximum atomic E-state index is 12.3. The molecular weight excluding hydrogens is 290 g/mol. The Kier molecular flexibility index (Phi) is 6.21. The summed E-state index contributed by atoms with van der Waals surface area (Å²) < 4.78 is 32.4. The van der Waals surface area contributed by atoms with Crippen LogP contribution in [0.4, 0.5) is 0 Å². The van der Waals surface area contributed by atoms with Gasteiger partial charge in [-0.25, -0.2) is 13.1 Å². The van der Waals surface area contributed by atoms with E-state index in [2.05, 4.69) is 16.6 Å². The monoisotopic (exact) mass is 311 g/mol. The molecule has 0 aliphatic carbocycles. The van der Waals surface area contributed by atoms with E-state index >= 15 is 0 Å². The minimum absolute atomic E-state index is 0.123. The Labute approximate surface area is 126 Å². The Morgan fingerprint density at radius 2 is 2.00 bits per heavy atom. The summed E-state index contributed by atoms with van der Waals surface area (Å²) in [5.74, 6) is 5.82. The van der Waals surface area contributed by atoms with E-state index in [4.69, 9.17) is 9.84 Å². The maximum absolute atomic E-state index is 12.3. The largest absolute Gasteiger partial charge is 0.495 e. The Bertz CT molecular complexity index is 641. The molecule has 5 nitrogen and oxygen atoms in total. The van der Waals surface area contributed by atoms with Crippen LogP contribution in [0, 0.1) is 17.8 Å². The molecule has 0 saturated carbocycles. The fourth-order valence-electron chi connectivity index (χ4n) is 1.54. The van der Waals surface area contributed by atoms with E-state index in [0.717, 1.165) is 0 Å². The van der Waals surface area contributed by atoms with Crippen LogP contribution in [0.3, 0.4) is 0 Å². The summed E-state index contributed by atoms with van der Waals surface area (Å²) in [5, 5.41) is 8.76. The highest BCUT2D eigenvalue weighted by molar-refractivity contribution is 7.89. The van der Waals surface area contributed by atoms with Gasteiger partial charge in [-0.05, 0) is 31.0 Å². The summed E-state index contributed by atoms with van der Waals surface area (Å²) in [6.45, 7) is 5.40. The predicted molar refractivity (Wildman–Crippen MR) is 81.6 cm³/mol. The van der Waals surface area contributed by atoms with Gasteiger partial charge >= 0.3 is 0 Å². The van der Waals surface area contributed by atoms with Crippen LogP contribution in [0.25, 0.3) is 0 Å². The van der Waals surface area contributed by atoms with Gasteiger partial charge in [-0.15, -0.1) is 0 Å². The first-order valence-electron chi connectivity index (χ1n) is 6.62. The third kappa shape index (κ3) is 4.74. The molecular formula is C15H21NO4S. The summed E-state index contributed by atoms with van der Waals surface area (Å²) in [6.07, 6.45) is 0. The first kappa shape index (κ1) is 17.5. The van der Waals surface area contributed by atoms with Crippen LogP contribution < -0.4 is 9.46 Å². The number of aliphatic hydroxyl groups excluding tert-OH is 1. The Morgan fingerprint density at radius 1 is 1.33 bits per heavy atom. The van der Waals surface area contributed by atoms with Gasteiger partial charge in [-0.2, -0.15) is 0 Å². The van der Waals surface area contributed by atoms with Gasteiger partial charge in [0.15, 0.2) is 0 Å². The lowest BCUT2D eigenvalue weighted by Gasteiger charge is -2.17. The summed E-state index contributed by atoms with van der Waals surface area (Å²) in [4.78, 5) is 0.123. The topological polar surface area (TPSA) is 75.6 Å². The predicted octanol–water partition coefficient (Wildman–Crippen LogP) is 1.36. The Morgan fingerprint density at radius 3 is 2.52 bits per heavy atom. The van der Waals surface area contributed by atoms with Crippen molar-refractivity contribution in [1.82, 2.24) is 4.72 Å². The number of rotatable bonds is 5. The molecule has 0 amide bonds. The van der Waals surface area contributed by atoms with Crippen molar-refractivity contribution in [3.63, 3.8) is 0 Å². The van der Waals surface area contributed by atoms with Crippen LogP contribution in [-0.4, -0.2) is 33.3 Å². The number of ether oxygens (including phenoxy) is 1. The third-order valence-corrected chi connectivity index (χ3v) is 4.68. The number of sulfonamides is 1. The highest BCUT2D eigenvalue weighted by Gasteiger charge is 2.20. The molecule has 1 atom stereocenters. The molecule has 0 spiro atoms. The van der Waals surface area contributed by atoms with Crippen molar-refractivity contribution >= 4 is 10.0 Å². The van der Waals surface area contributed by atoms with E-state index in [1.165, 1.54) is 19.2 Å². The highest BCUT2D eigenvalue weighted by Crippen LogP contribution is 2.22. The van der Waals surface area contributed by atoms with Crippen molar-refractivity contribution in [3.8, 4) is 17.6 Å². The average molecular weight is 311 g/mol. The first-order valence-corrected chi connectivity index (χ1v) is 8.10. The van der Waals surface area contributed by atoms with Crippen LogP contribution in [0.15, 0.2) is 23.1 Å². The van der Waals surface area contributed by atoms with Crippen molar-refractivity contribution in [2.75, 3.05) is 13.7 Å². The summed E-state index contributed by atoms with van der Waals surface area (Å²) in [6, 6.07) is 4.29. The summed E-state index contributed by atoms with van der Waals surface area (Å²) in [5.41, 5.74) is 0.423. The SMILES string of the molecule is COc1ccc(S(=O)(=O)NC(C)C(C)C)cc1C#CCO. The second-order valence-corrected chi connectivity index (χ2v) is 6.69. The van der Waals surface area contributed by atoms with Crippen LogP contribution in [0.2, 0.25) is 0 Å². The van der Waals surface area contributed by atoms with Crippen LogP contribution >= 0.6 is 0 Å². The van der Waals surface area contributed by atoms with Crippen LogP contribution in [0.1, 0.15) is 26.3 Å². The van der Waals surface area contributed by atoms with Gasteiger partial charge in [0.05, 0.1) is 17.6 Å². The molecule has 0 aliphatic rings. The maximum Gasteiger partial charge on any atom is 0.240 e. The molecule has 2 N–H and O–H groups in total. The average Bonchev–Trinajstić information content (AvgIpc) is 2.44. The minimum Gasteiger partial charge on any atom is -0.495 e. The number of hydrogen-bond donors (Lipinski definition) is 2. The second-order valence-electron chi connectivity index (χ2n) is 4.98. The molecule has 21 heavy (non-hydrogen) atoms. The lowest BCUT2D eigenvalue weighted by atomic mass is 10.1. The summed E-state index contributed by atoms with van der Waals surface area (Å²) >= 11 is 0. The Balaban J connectivity index is 3.19. The molecule has 0 fully saturated rings. The van der Waals surface area contributed by atoms with E-state index in [0.29, 0.717) is 11.3 Å². The van der Waals surface area contributed by atoms with Crippen molar-refractivity contribution in [2.24, 2.45) is 5.92 Å². The highest BCUT2D eigenvalue weighted by atomic mass is 32.2. The molecule has 0 saturated heterocycles. The fourth-order valence-corrected chi connectivity index (χ4v) is 2.95. The molecule has 1 aromatic rings. The standard InChI is InChI=1S/C15H21NO4S/c1-11(2)12(3)16-21(18,19)14-7-8-15(20-4)13(10-14)6-5-9-17/h7-8,10-12,16-17H,9H2,1-4H3. The normalized spacial score (nSPS) is 12.7. The smallest absolute Gasteiger partial charge is 0.240 e. The fraction of sp³-hybridized carbons (Fsp3) is 0.467. The van der Waals surface area contributed by atoms with Gasteiger partial charge in [0.2, 0.25) is 10.0 Å². The van der Waals surface area contributed by atoms with E-state index in [1.807, 2.05) is 20.8 Å². The second kappa shape index (κ2) is 7.46. The zero-order valence-corrected chi connectivity index (χ0v) is 13.5. The lowest BCUT2D eigenvalue weighted by molar-refractivity contribution is 0.350. The van der Waals surface area contributed by atoms with E-state index < -0.39 is 10.0 Å². The van der Waals surface area contributed by atoms with Crippen molar-refractivity contribution in [1.29, 1.82) is 0 Å². The third-order valence-electron chi connectivity index (χ3n) is 3.12. The van der Waals surface area contributed by atoms with Crippen molar-refractivity contribution in [3.05, 3.63) is 23.8 Å². The quantitative estimate of drug-likeness (QED) is 0.805. The molecule has 1 aromatic carbocycles. The first-order chi connectivity index (χ1) is 9.81. The van der Waals surface area contributed by atoms with Gasteiger partial charge < -0.3 is 9.84 Å². The summed E-state index contributed by atoms with van der Waals surface area (Å²) in [7, 11) is -2.13. The van der Waals surface area contributed by atoms with Crippen molar-refractivity contribution < 1.29 is 18.3 Å². The number of benzene rings is 1. The molecule has 6 heteroatoms. The molecule has 116 valence electrons. The molecule has 1 rings (SSSR count). The molecule has 0 heterocycles. The molecule has 1 unspecified atom stereocenters. The van der Waals surface area contributed by atoms with Gasteiger partial charge in [-0.1, -0.05) is 25.7 Å². The number of methoxy groups -OCH3 is 1. The van der Waals surface area contributed by atoms with Gasteiger partial charge in [0.25, 0.3) is 0 Å². The van der Waals surface area contributed by atoms with E-state index in [1.54, 1.807) is 6.07 Å².